The van der Waals surface area contributed by atoms with Crippen LogP contribution in [-0.4, -0.2) is 47.7 Å². The van der Waals surface area contributed by atoms with E-state index in [-0.39, 0.29) is 49.1 Å². The molecule has 4 amide bonds. The van der Waals surface area contributed by atoms with Crippen LogP contribution in [0.15, 0.2) is 48.5 Å². The van der Waals surface area contributed by atoms with E-state index in [2.05, 4.69) is 5.32 Å². The second-order valence-electron chi connectivity index (χ2n) is 7.37. The third kappa shape index (κ3) is 3.63. The molecule has 7 nitrogen and oxygen atoms in total. The fourth-order valence-corrected chi connectivity index (χ4v) is 3.73. The van der Waals surface area contributed by atoms with Gasteiger partial charge >= 0.3 is 0 Å². The normalized spacial score (nSPS) is 18.4. The first kappa shape index (κ1) is 18.9. The number of aryl methyl sites for hydroxylation is 1. The summed E-state index contributed by atoms with van der Waals surface area (Å²) < 4.78 is 0. The predicted octanol–water partition coefficient (Wildman–Crippen LogP) is 1.90. The van der Waals surface area contributed by atoms with Crippen LogP contribution in [0, 0.1) is 6.92 Å². The molecule has 0 aromatic heterocycles. The molecule has 0 bridgehead atoms. The van der Waals surface area contributed by atoms with E-state index >= 15 is 0 Å². The Morgan fingerprint density at radius 2 is 1.62 bits per heavy atom. The predicted molar refractivity (Wildman–Crippen MR) is 107 cm³/mol. The first-order valence-corrected chi connectivity index (χ1v) is 9.55. The molecule has 148 valence electrons. The molecule has 2 aliphatic rings. The minimum Gasteiger partial charge on any atom is -0.351 e. The number of hydrogen-bond donors (Lipinski definition) is 1. The van der Waals surface area contributed by atoms with Gasteiger partial charge in [0, 0.05) is 31.6 Å². The molecule has 4 rings (SSSR count). The van der Waals surface area contributed by atoms with Gasteiger partial charge in [-0.3, -0.25) is 24.1 Å². The van der Waals surface area contributed by atoms with Crippen molar-refractivity contribution in [1.29, 1.82) is 0 Å². The third-order valence-electron chi connectivity index (χ3n) is 5.28. The lowest BCUT2D eigenvalue weighted by Gasteiger charge is -2.18. The van der Waals surface area contributed by atoms with Crippen molar-refractivity contribution in [3.05, 3.63) is 65.2 Å². The van der Waals surface area contributed by atoms with Gasteiger partial charge in [0.2, 0.25) is 11.8 Å². The third-order valence-corrected chi connectivity index (χ3v) is 5.28. The maximum absolute atomic E-state index is 12.4. The highest BCUT2D eigenvalue weighted by Gasteiger charge is 2.36. The van der Waals surface area contributed by atoms with Crippen LogP contribution < -0.4 is 10.2 Å². The molecule has 2 aromatic rings. The maximum atomic E-state index is 12.4. The number of amides is 4. The minimum absolute atomic E-state index is 0.000685. The number of nitrogens with one attached hydrogen (secondary N) is 1. The second kappa shape index (κ2) is 7.50. The number of nitrogens with zero attached hydrogens (tertiary/aromatic N) is 2. The van der Waals surface area contributed by atoms with Crippen LogP contribution in [0.4, 0.5) is 5.69 Å². The van der Waals surface area contributed by atoms with E-state index in [9.17, 15) is 19.2 Å². The number of fused-ring (bicyclic) bond motifs is 1. The van der Waals surface area contributed by atoms with Gasteiger partial charge in [-0.1, -0.05) is 29.8 Å². The van der Waals surface area contributed by atoms with Gasteiger partial charge in [0.25, 0.3) is 11.8 Å². The fraction of sp³-hybridized carbons (Fsp3) is 0.273. The number of carbonyl (C=O) groups is 4. The Hall–Kier alpha value is -3.48. The summed E-state index contributed by atoms with van der Waals surface area (Å²) in [4.78, 5) is 52.1. The van der Waals surface area contributed by atoms with Gasteiger partial charge in [-0.15, -0.1) is 0 Å². The van der Waals surface area contributed by atoms with E-state index < -0.39 is 0 Å². The highest BCUT2D eigenvalue weighted by atomic mass is 16.2. The fourth-order valence-electron chi connectivity index (χ4n) is 3.73. The van der Waals surface area contributed by atoms with E-state index in [0.29, 0.717) is 17.7 Å². The summed E-state index contributed by atoms with van der Waals surface area (Å²) in [5.41, 5.74) is 2.66. The summed E-state index contributed by atoms with van der Waals surface area (Å²) in [5.74, 6) is -1.08. The van der Waals surface area contributed by atoms with Crippen molar-refractivity contribution in [1.82, 2.24) is 10.2 Å². The Morgan fingerprint density at radius 1 is 1.00 bits per heavy atom. The Balaban J connectivity index is 1.32. The molecule has 0 spiro atoms. The highest BCUT2D eigenvalue weighted by molar-refractivity contribution is 6.21. The molecule has 1 N–H and O–H groups in total. The molecule has 0 radical (unpaired) electrons. The van der Waals surface area contributed by atoms with Crippen molar-refractivity contribution in [2.45, 2.75) is 25.8 Å². The van der Waals surface area contributed by atoms with Gasteiger partial charge in [0.15, 0.2) is 0 Å². The van der Waals surface area contributed by atoms with Gasteiger partial charge in [-0.2, -0.15) is 0 Å². The number of hydrogen-bond acceptors (Lipinski definition) is 4. The number of benzene rings is 2. The SMILES string of the molecule is Cc1ccc(N2C[C@@H](NC(=O)CCN3C(=O)c4ccccc4C3=O)CC2=O)cc1. The second-order valence-corrected chi connectivity index (χ2v) is 7.37. The molecule has 2 aliphatic heterocycles. The van der Waals surface area contributed by atoms with Crippen molar-refractivity contribution in [3.8, 4) is 0 Å². The standard InChI is InChI=1S/C22H21N3O4/c1-14-6-8-16(9-7-14)25-13-15(12-20(25)27)23-19(26)10-11-24-21(28)17-4-2-3-5-18(17)22(24)29/h2-9,15H,10-13H2,1H3,(H,23,26)/t15-/m0/s1. The number of imide groups is 1. The Kier molecular flexibility index (Phi) is 4.88. The molecule has 7 heteroatoms. The minimum atomic E-state index is -0.375. The van der Waals surface area contributed by atoms with E-state index in [1.165, 1.54) is 0 Å². The monoisotopic (exact) mass is 391 g/mol. The first-order chi connectivity index (χ1) is 13.9. The summed E-state index contributed by atoms with van der Waals surface area (Å²) in [6.45, 7) is 2.40. The van der Waals surface area contributed by atoms with E-state index in [1.807, 2.05) is 31.2 Å². The summed E-state index contributed by atoms with van der Waals surface area (Å²) >= 11 is 0. The molecule has 0 unspecified atom stereocenters. The van der Waals surface area contributed by atoms with Crippen LogP contribution >= 0.6 is 0 Å². The molecule has 0 aliphatic carbocycles. The van der Waals surface area contributed by atoms with Crippen LogP contribution in [0.3, 0.4) is 0 Å². The van der Waals surface area contributed by atoms with Gasteiger partial charge in [0.05, 0.1) is 17.2 Å². The zero-order chi connectivity index (χ0) is 20.5. The smallest absolute Gasteiger partial charge is 0.261 e. The molecule has 2 aromatic carbocycles. The molecule has 29 heavy (non-hydrogen) atoms. The molecule has 1 atom stereocenters. The van der Waals surface area contributed by atoms with Gasteiger partial charge < -0.3 is 10.2 Å². The van der Waals surface area contributed by atoms with Crippen molar-refractivity contribution in [3.63, 3.8) is 0 Å². The van der Waals surface area contributed by atoms with Crippen LogP contribution in [0.25, 0.3) is 0 Å². The average molecular weight is 391 g/mol. The summed E-state index contributed by atoms with van der Waals surface area (Å²) in [6, 6.07) is 14.0. The number of carbonyl (C=O) groups excluding carboxylic acids is 4. The Labute approximate surface area is 168 Å². The zero-order valence-corrected chi connectivity index (χ0v) is 16.1. The summed E-state index contributed by atoms with van der Waals surface area (Å²) in [6.07, 6.45) is 0.229. The lowest BCUT2D eigenvalue weighted by molar-refractivity contribution is -0.121. The molecule has 0 saturated carbocycles. The lowest BCUT2D eigenvalue weighted by Crippen LogP contribution is -2.40. The van der Waals surface area contributed by atoms with E-state index in [1.54, 1.807) is 29.2 Å². The van der Waals surface area contributed by atoms with Gasteiger partial charge in [-0.05, 0) is 31.2 Å². The van der Waals surface area contributed by atoms with Gasteiger partial charge in [0.1, 0.15) is 0 Å². The summed E-state index contributed by atoms with van der Waals surface area (Å²) in [5, 5.41) is 2.84. The topological polar surface area (TPSA) is 86.8 Å². The zero-order valence-electron chi connectivity index (χ0n) is 16.1. The van der Waals surface area contributed by atoms with E-state index in [4.69, 9.17) is 0 Å². The van der Waals surface area contributed by atoms with Crippen molar-refractivity contribution >= 4 is 29.3 Å². The van der Waals surface area contributed by atoms with Crippen molar-refractivity contribution in [2.75, 3.05) is 18.0 Å². The molecule has 2 heterocycles. The molecular formula is C22H21N3O4. The van der Waals surface area contributed by atoms with Crippen molar-refractivity contribution < 1.29 is 19.2 Å². The largest absolute Gasteiger partial charge is 0.351 e. The van der Waals surface area contributed by atoms with Crippen LogP contribution in [0.5, 0.6) is 0 Å². The average Bonchev–Trinajstić information content (AvgIpc) is 3.19. The van der Waals surface area contributed by atoms with Crippen molar-refractivity contribution in [2.24, 2.45) is 0 Å². The molecule has 1 saturated heterocycles. The maximum Gasteiger partial charge on any atom is 0.261 e. The molecule has 1 fully saturated rings. The Bertz CT molecular complexity index is 964. The lowest BCUT2D eigenvalue weighted by atomic mass is 10.1. The van der Waals surface area contributed by atoms with Gasteiger partial charge in [-0.25, -0.2) is 0 Å². The first-order valence-electron chi connectivity index (χ1n) is 9.55. The quantitative estimate of drug-likeness (QED) is 0.789. The van der Waals surface area contributed by atoms with Crippen LogP contribution in [-0.2, 0) is 9.59 Å². The van der Waals surface area contributed by atoms with Crippen LogP contribution in [0.2, 0.25) is 0 Å². The number of anilines is 1. The number of rotatable bonds is 5. The summed E-state index contributed by atoms with van der Waals surface area (Å²) in [7, 11) is 0. The Morgan fingerprint density at radius 3 is 2.24 bits per heavy atom. The van der Waals surface area contributed by atoms with E-state index in [0.717, 1.165) is 16.2 Å². The highest BCUT2D eigenvalue weighted by Crippen LogP contribution is 2.23. The van der Waals surface area contributed by atoms with Crippen LogP contribution in [0.1, 0.15) is 39.1 Å². The molecular weight excluding hydrogens is 370 g/mol.